The Morgan fingerprint density at radius 1 is 1.31 bits per heavy atom. The lowest BCUT2D eigenvalue weighted by Gasteiger charge is -2.03. The van der Waals surface area contributed by atoms with E-state index in [1.54, 1.807) is 0 Å². The largest absolute Gasteiger partial charge is 0.494 e. The van der Waals surface area contributed by atoms with Gasteiger partial charge in [0, 0.05) is 6.54 Å². The minimum Gasteiger partial charge on any atom is -0.494 e. The second kappa shape index (κ2) is 7.94. The molecule has 1 aromatic rings. The van der Waals surface area contributed by atoms with Crippen LogP contribution in [0.25, 0.3) is 6.08 Å². The van der Waals surface area contributed by atoms with Gasteiger partial charge in [0.2, 0.25) is 0 Å². The second-order valence-corrected chi connectivity index (χ2v) is 3.61. The summed E-state index contributed by atoms with van der Waals surface area (Å²) < 4.78 is 5.44. The Kier molecular flexibility index (Phi) is 6.35. The molecule has 0 radical (unpaired) electrons. The number of benzene rings is 1. The molecule has 0 fully saturated rings. The van der Waals surface area contributed by atoms with Crippen molar-refractivity contribution in [3.63, 3.8) is 0 Å². The third-order valence-corrected chi connectivity index (χ3v) is 2.17. The fraction of sp³-hybridized carbons (Fsp3) is 0.429. The average Bonchev–Trinajstić information content (AvgIpc) is 2.30. The number of nitrogens with one attached hydrogen (secondary N) is 1. The van der Waals surface area contributed by atoms with Gasteiger partial charge in [0.15, 0.2) is 0 Å². The molecular weight excluding hydrogens is 198 g/mol. The van der Waals surface area contributed by atoms with E-state index in [0.29, 0.717) is 6.61 Å². The lowest BCUT2D eigenvalue weighted by Crippen LogP contribution is -2.13. The molecule has 16 heavy (non-hydrogen) atoms. The highest BCUT2D eigenvalue weighted by atomic mass is 16.5. The third-order valence-electron chi connectivity index (χ3n) is 2.17. The molecular formula is C14H21NO. The van der Waals surface area contributed by atoms with Crippen LogP contribution < -0.4 is 10.1 Å². The molecule has 1 N–H and O–H groups in total. The molecule has 0 saturated heterocycles. The minimum absolute atomic E-state index is 0.714. The molecule has 0 unspecified atom stereocenters. The monoisotopic (exact) mass is 219 g/mol. The van der Waals surface area contributed by atoms with Crippen molar-refractivity contribution < 1.29 is 4.74 Å². The van der Waals surface area contributed by atoms with Crippen molar-refractivity contribution in [2.45, 2.75) is 20.3 Å². The molecule has 88 valence electrons. The summed E-state index contributed by atoms with van der Waals surface area (Å²) in [5.74, 6) is 0.936. The van der Waals surface area contributed by atoms with Gasteiger partial charge in [0.1, 0.15) is 5.75 Å². The van der Waals surface area contributed by atoms with E-state index in [1.807, 2.05) is 19.1 Å². The van der Waals surface area contributed by atoms with E-state index >= 15 is 0 Å². The topological polar surface area (TPSA) is 21.3 Å². The van der Waals surface area contributed by atoms with Crippen LogP contribution in [0.1, 0.15) is 25.8 Å². The lowest BCUT2D eigenvalue weighted by molar-refractivity contribution is 0.340. The molecule has 0 aliphatic heterocycles. The zero-order chi connectivity index (χ0) is 11.6. The Bertz CT molecular complexity index is 320. The first-order valence-corrected chi connectivity index (χ1v) is 5.97. The molecule has 0 atom stereocenters. The van der Waals surface area contributed by atoms with Crippen molar-refractivity contribution in [1.29, 1.82) is 0 Å². The Hall–Kier alpha value is -1.28. The Labute approximate surface area is 98.3 Å². The molecule has 0 bridgehead atoms. The van der Waals surface area contributed by atoms with Crippen LogP contribution in [0, 0.1) is 0 Å². The summed E-state index contributed by atoms with van der Waals surface area (Å²) in [7, 11) is 0. The van der Waals surface area contributed by atoms with Crippen molar-refractivity contribution in [2.24, 2.45) is 0 Å². The predicted octanol–water partition coefficient (Wildman–Crippen LogP) is 3.10. The zero-order valence-corrected chi connectivity index (χ0v) is 10.2. The first kappa shape index (κ1) is 12.8. The van der Waals surface area contributed by atoms with Crippen LogP contribution in [0.3, 0.4) is 0 Å². The van der Waals surface area contributed by atoms with Crippen LogP contribution in [0.4, 0.5) is 0 Å². The molecule has 0 aliphatic rings. The fourth-order valence-corrected chi connectivity index (χ4v) is 1.43. The maximum atomic E-state index is 5.44. The van der Waals surface area contributed by atoms with E-state index in [9.17, 15) is 0 Å². The normalized spacial score (nSPS) is 10.9. The smallest absolute Gasteiger partial charge is 0.119 e. The molecule has 0 aliphatic carbocycles. The van der Waals surface area contributed by atoms with Crippen molar-refractivity contribution in [3.8, 4) is 5.75 Å². The van der Waals surface area contributed by atoms with Crippen LogP contribution in [0.15, 0.2) is 30.3 Å². The van der Waals surface area contributed by atoms with Crippen molar-refractivity contribution >= 4 is 6.08 Å². The third kappa shape index (κ3) is 4.99. The Balaban J connectivity index is 2.43. The summed E-state index contributed by atoms with van der Waals surface area (Å²) in [4.78, 5) is 0. The van der Waals surface area contributed by atoms with Gasteiger partial charge >= 0.3 is 0 Å². The molecule has 0 amide bonds. The standard InChI is InChI=1S/C14H21NO/c1-3-10-15-11-6-8-13-7-5-9-14(12-13)16-4-2/h5-9,12,15H,3-4,10-11H2,1-2H3. The number of hydrogen-bond acceptors (Lipinski definition) is 2. The van der Waals surface area contributed by atoms with Crippen molar-refractivity contribution in [2.75, 3.05) is 19.7 Å². The summed E-state index contributed by atoms with van der Waals surface area (Å²) in [6.07, 6.45) is 5.43. The maximum absolute atomic E-state index is 5.44. The van der Waals surface area contributed by atoms with E-state index < -0.39 is 0 Å². The lowest BCUT2D eigenvalue weighted by atomic mass is 10.2. The van der Waals surface area contributed by atoms with Gasteiger partial charge in [-0.3, -0.25) is 0 Å². The SMILES string of the molecule is CCCNCC=Cc1cccc(OCC)c1. The van der Waals surface area contributed by atoms with Crippen LogP contribution in [-0.2, 0) is 0 Å². The quantitative estimate of drug-likeness (QED) is 0.711. The molecule has 0 saturated carbocycles. The summed E-state index contributed by atoms with van der Waals surface area (Å²) in [5.41, 5.74) is 1.18. The van der Waals surface area contributed by atoms with Gasteiger partial charge in [-0.2, -0.15) is 0 Å². The Morgan fingerprint density at radius 2 is 2.19 bits per heavy atom. The van der Waals surface area contributed by atoms with E-state index in [4.69, 9.17) is 4.74 Å². The maximum Gasteiger partial charge on any atom is 0.119 e. The van der Waals surface area contributed by atoms with Gasteiger partial charge in [-0.15, -0.1) is 0 Å². The summed E-state index contributed by atoms with van der Waals surface area (Å²) in [6, 6.07) is 8.14. The van der Waals surface area contributed by atoms with Crippen molar-refractivity contribution in [1.82, 2.24) is 5.32 Å². The van der Waals surface area contributed by atoms with E-state index in [2.05, 4.69) is 36.5 Å². The van der Waals surface area contributed by atoms with Crippen LogP contribution in [0.5, 0.6) is 5.75 Å². The molecule has 2 heteroatoms. The fourth-order valence-electron chi connectivity index (χ4n) is 1.43. The number of ether oxygens (including phenoxy) is 1. The zero-order valence-electron chi connectivity index (χ0n) is 10.2. The molecule has 1 aromatic carbocycles. The highest BCUT2D eigenvalue weighted by Crippen LogP contribution is 2.14. The first-order chi connectivity index (χ1) is 7.86. The van der Waals surface area contributed by atoms with Crippen molar-refractivity contribution in [3.05, 3.63) is 35.9 Å². The van der Waals surface area contributed by atoms with Crippen LogP contribution in [-0.4, -0.2) is 19.7 Å². The summed E-state index contributed by atoms with van der Waals surface area (Å²) >= 11 is 0. The van der Waals surface area contributed by atoms with E-state index in [1.165, 1.54) is 12.0 Å². The number of rotatable bonds is 7. The Morgan fingerprint density at radius 3 is 2.94 bits per heavy atom. The van der Waals surface area contributed by atoms with Gasteiger partial charge in [0.05, 0.1) is 6.61 Å². The first-order valence-electron chi connectivity index (χ1n) is 5.97. The molecule has 0 heterocycles. The van der Waals surface area contributed by atoms with Gasteiger partial charge in [-0.1, -0.05) is 31.2 Å². The van der Waals surface area contributed by atoms with E-state index in [-0.39, 0.29) is 0 Å². The van der Waals surface area contributed by atoms with Gasteiger partial charge in [-0.05, 0) is 37.6 Å². The van der Waals surface area contributed by atoms with E-state index in [0.717, 1.165) is 18.8 Å². The molecule has 1 rings (SSSR count). The molecule has 2 nitrogen and oxygen atoms in total. The van der Waals surface area contributed by atoms with Crippen LogP contribution in [0.2, 0.25) is 0 Å². The molecule has 0 spiro atoms. The number of hydrogen-bond donors (Lipinski definition) is 1. The summed E-state index contributed by atoms with van der Waals surface area (Å²) in [6.45, 7) is 6.88. The highest BCUT2D eigenvalue weighted by Gasteiger charge is 1.92. The summed E-state index contributed by atoms with van der Waals surface area (Å²) in [5, 5.41) is 3.33. The van der Waals surface area contributed by atoms with Crippen LogP contribution >= 0.6 is 0 Å². The average molecular weight is 219 g/mol. The second-order valence-electron chi connectivity index (χ2n) is 3.61. The predicted molar refractivity (Wildman–Crippen MR) is 69.8 cm³/mol. The molecule has 0 aromatic heterocycles. The minimum atomic E-state index is 0.714. The van der Waals surface area contributed by atoms with Gasteiger partial charge in [0.25, 0.3) is 0 Å². The van der Waals surface area contributed by atoms with Gasteiger partial charge in [-0.25, -0.2) is 0 Å². The van der Waals surface area contributed by atoms with Gasteiger partial charge < -0.3 is 10.1 Å². The highest BCUT2D eigenvalue weighted by molar-refractivity contribution is 5.51.